The molecule has 0 saturated heterocycles. The van der Waals surface area contributed by atoms with Gasteiger partial charge in [0.05, 0.1) is 17.8 Å². The second-order valence-corrected chi connectivity index (χ2v) is 8.22. The summed E-state index contributed by atoms with van der Waals surface area (Å²) in [7, 11) is 0. The van der Waals surface area contributed by atoms with Gasteiger partial charge < -0.3 is 20.7 Å². The van der Waals surface area contributed by atoms with Crippen molar-refractivity contribution in [3.05, 3.63) is 58.6 Å². The fraction of sp³-hybridized carbons (Fsp3) is 0.286. The second-order valence-electron chi connectivity index (χ2n) is 7.30. The molecule has 0 unspecified atom stereocenters. The summed E-state index contributed by atoms with van der Waals surface area (Å²) in [4.78, 5) is 36.2. The van der Waals surface area contributed by atoms with Crippen molar-refractivity contribution in [1.29, 1.82) is 0 Å². The van der Waals surface area contributed by atoms with Crippen LogP contribution in [0.25, 0.3) is 0 Å². The quantitative estimate of drug-likeness (QED) is 0.603. The Bertz CT molecular complexity index is 893. The van der Waals surface area contributed by atoms with Crippen molar-refractivity contribution in [2.24, 2.45) is 0 Å². The maximum absolute atomic E-state index is 12.4. The van der Waals surface area contributed by atoms with Crippen molar-refractivity contribution in [3.63, 3.8) is 0 Å². The van der Waals surface area contributed by atoms with Gasteiger partial charge in [0.15, 0.2) is 0 Å². The first-order valence-corrected chi connectivity index (χ1v) is 9.82. The minimum absolute atomic E-state index is 0.196. The molecule has 0 aromatic heterocycles. The number of para-hydroxylation sites is 2. The highest BCUT2D eigenvalue weighted by molar-refractivity contribution is 9.10. The lowest BCUT2D eigenvalue weighted by Crippen LogP contribution is -2.37. The number of amides is 3. The smallest absolute Gasteiger partial charge is 0.408 e. The molecule has 2 aromatic rings. The third kappa shape index (κ3) is 8.35. The number of alkyl carbamates (subject to hydrolysis) is 1. The standard InChI is InChI=1S/C21H24BrN3O4/c1-21(2,3)29-20(28)23-13-19(27)25-17-10-5-4-9-16(17)24-18(26)12-14-7-6-8-15(22)11-14/h4-11H,12-13H2,1-3H3,(H,23,28)(H,24,26)(H,25,27). The highest BCUT2D eigenvalue weighted by atomic mass is 79.9. The lowest BCUT2D eigenvalue weighted by atomic mass is 10.1. The zero-order chi connectivity index (χ0) is 21.4. The Morgan fingerprint density at radius 2 is 1.55 bits per heavy atom. The van der Waals surface area contributed by atoms with E-state index in [2.05, 4.69) is 31.9 Å². The molecule has 0 radical (unpaired) electrons. The van der Waals surface area contributed by atoms with Gasteiger partial charge in [-0.3, -0.25) is 9.59 Å². The minimum Gasteiger partial charge on any atom is -0.444 e. The topological polar surface area (TPSA) is 96.5 Å². The monoisotopic (exact) mass is 461 g/mol. The maximum Gasteiger partial charge on any atom is 0.408 e. The molecule has 3 amide bonds. The van der Waals surface area contributed by atoms with Crippen LogP contribution in [0.4, 0.5) is 16.2 Å². The largest absolute Gasteiger partial charge is 0.444 e. The molecule has 0 bridgehead atoms. The van der Waals surface area contributed by atoms with E-state index in [1.165, 1.54) is 0 Å². The summed E-state index contributed by atoms with van der Waals surface area (Å²) >= 11 is 3.38. The molecule has 0 aliphatic heterocycles. The molecule has 0 atom stereocenters. The SMILES string of the molecule is CC(C)(C)OC(=O)NCC(=O)Nc1ccccc1NC(=O)Cc1cccc(Br)c1. The summed E-state index contributed by atoms with van der Waals surface area (Å²) in [6.07, 6.45) is -0.481. The van der Waals surface area contributed by atoms with Crippen LogP contribution in [0.1, 0.15) is 26.3 Å². The average Bonchev–Trinajstić information content (AvgIpc) is 2.60. The van der Waals surface area contributed by atoms with Gasteiger partial charge in [-0.1, -0.05) is 40.2 Å². The minimum atomic E-state index is -0.678. The van der Waals surface area contributed by atoms with Crippen LogP contribution in [-0.4, -0.2) is 30.1 Å². The van der Waals surface area contributed by atoms with Crippen molar-refractivity contribution in [2.45, 2.75) is 32.8 Å². The first-order chi connectivity index (χ1) is 13.6. The summed E-state index contributed by atoms with van der Waals surface area (Å²) in [6.45, 7) is 4.95. The first-order valence-electron chi connectivity index (χ1n) is 9.02. The van der Waals surface area contributed by atoms with Crippen LogP contribution >= 0.6 is 15.9 Å². The average molecular weight is 462 g/mol. The second kappa shape index (κ2) is 10.1. The number of nitrogens with one attached hydrogen (secondary N) is 3. The molecular formula is C21H24BrN3O4. The molecule has 2 aromatic carbocycles. The lowest BCUT2D eigenvalue weighted by molar-refractivity contribution is -0.116. The lowest BCUT2D eigenvalue weighted by Gasteiger charge is -2.19. The molecule has 0 aliphatic rings. The van der Waals surface area contributed by atoms with E-state index < -0.39 is 17.6 Å². The Balaban J connectivity index is 1.93. The van der Waals surface area contributed by atoms with Crippen molar-refractivity contribution in [3.8, 4) is 0 Å². The molecule has 2 rings (SSSR count). The van der Waals surface area contributed by atoms with Crippen LogP contribution in [0, 0.1) is 0 Å². The number of benzene rings is 2. The van der Waals surface area contributed by atoms with E-state index in [1.54, 1.807) is 45.0 Å². The number of halogens is 1. The van der Waals surface area contributed by atoms with Crippen LogP contribution in [-0.2, 0) is 20.7 Å². The van der Waals surface area contributed by atoms with Crippen molar-refractivity contribution in [1.82, 2.24) is 5.32 Å². The van der Waals surface area contributed by atoms with Crippen LogP contribution in [0.3, 0.4) is 0 Å². The van der Waals surface area contributed by atoms with Crippen LogP contribution in [0.2, 0.25) is 0 Å². The number of carbonyl (C=O) groups is 3. The number of anilines is 2. The van der Waals surface area contributed by atoms with Gasteiger partial charge in [-0.15, -0.1) is 0 Å². The van der Waals surface area contributed by atoms with E-state index in [0.717, 1.165) is 10.0 Å². The molecule has 3 N–H and O–H groups in total. The summed E-state index contributed by atoms with van der Waals surface area (Å²) in [5.74, 6) is -0.652. The zero-order valence-corrected chi connectivity index (χ0v) is 18.1. The third-order valence-corrected chi connectivity index (χ3v) is 4.01. The van der Waals surface area contributed by atoms with Gasteiger partial charge in [-0.05, 0) is 50.6 Å². The van der Waals surface area contributed by atoms with Crippen molar-refractivity contribution in [2.75, 3.05) is 17.2 Å². The summed E-state index contributed by atoms with van der Waals surface area (Å²) in [5, 5.41) is 7.87. The van der Waals surface area contributed by atoms with Gasteiger partial charge in [-0.2, -0.15) is 0 Å². The molecule has 0 fully saturated rings. The van der Waals surface area contributed by atoms with Gasteiger partial charge in [0.2, 0.25) is 11.8 Å². The summed E-state index contributed by atoms with van der Waals surface area (Å²) < 4.78 is 5.99. The Labute approximate surface area is 178 Å². The summed E-state index contributed by atoms with van der Waals surface area (Å²) in [5.41, 5.74) is 1.12. The molecule has 0 spiro atoms. The molecule has 0 saturated carbocycles. The molecule has 7 nitrogen and oxygen atoms in total. The molecule has 0 heterocycles. The Morgan fingerprint density at radius 1 is 0.931 bits per heavy atom. The highest BCUT2D eigenvalue weighted by Crippen LogP contribution is 2.21. The van der Waals surface area contributed by atoms with Gasteiger partial charge in [0, 0.05) is 4.47 Å². The van der Waals surface area contributed by atoms with Crippen LogP contribution in [0.15, 0.2) is 53.0 Å². The maximum atomic E-state index is 12.4. The van der Waals surface area contributed by atoms with Crippen molar-refractivity contribution >= 4 is 45.2 Å². The van der Waals surface area contributed by atoms with E-state index in [9.17, 15) is 14.4 Å². The number of hydrogen-bond acceptors (Lipinski definition) is 4. The number of carbonyl (C=O) groups excluding carboxylic acids is 3. The van der Waals surface area contributed by atoms with Crippen LogP contribution < -0.4 is 16.0 Å². The van der Waals surface area contributed by atoms with E-state index in [0.29, 0.717) is 11.4 Å². The number of rotatable bonds is 6. The van der Waals surface area contributed by atoms with E-state index in [1.807, 2.05) is 24.3 Å². The van der Waals surface area contributed by atoms with E-state index in [-0.39, 0.29) is 18.9 Å². The summed E-state index contributed by atoms with van der Waals surface area (Å²) in [6, 6.07) is 14.3. The van der Waals surface area contributed by atoms with Crippen molar-refractivity contribution < 1.29 is 19.1 Å². The van der Waals surface area contributed by atoms with Gasteiger partial charge in [0.1, 0.15) is 12.1 Å². The normalized spacial score (nSPS) is 10.8. The van der Waals surface area contributed by atoms with Gasteiger partial charge in [0.25, 0.3) is 0 Å². The van der Waals surface area contributed by atoms with Gasteiger partial charge in [-0.25, -0.2) is 4.79 Å². The molecule has 0 aliphatic carbocycles. The molecular weight excluding hydrogens is 438 g/mol. The van der Waals surface area contributed by atoms with Gasteiger partial charge >= 0.3 is 6.09 Å². The first kappa shape index (κ1) is 22.4. The number of hydrogen-bond donors (Lipinski definition) is 3. The molecule has 29 heavy (non-hydrogen) atoms. The number of ether oxygens (including phenoxy) is 1. The highest BCUT2D eigenvalue weighted by Gasteiger charge is 2.17. The molecule has 8 heteroatoms. The fourth-order valence-electron chi connectivity index (χ4n) is 2.39. The molecule has 154 valence electrons. The Hall–Kier alpha value is -2.87. The predicted octanol–water partition coefficient (Wildman–Crippen LogP) is 4.09. The third-order valence-electron chi connectivity index (χ3n) is 3.52. The van der Waals surface area contributed by atoms with E-state index >= 15 is 0 Å². The van der Waals surface area contributed by atoms with Crippen LogP contribution in [0.5, 0.6) is 0 Å². The predicted molar refractivity (Wildman–Crippen MR) is 116 cm³/mol. The fourth-order valence-corrected chi connectivity index (χ4v) is 2.84. The zero-order valence-electron chi connectivity index (χ0n) is 16.5. The Kier molecular flexibility index (Phi) is 7.78. The van der Waals surface area contributed by atoms with E-state index in [4.69, 9.17) is 4.74 Å². The Morgan fingerprint density at radius 3 is 2.14 bits per heavy atom.